The fourth-order valence-corrected chi connectivity index (χ4v) is 1.12. The summed E-state index contributed by atoms with van der Waals surface area (Å²) in [4.78, 5) is 3.87. The zero-order chi connectivity index (χ0) is 10.7. The number of halogens is 1. The quantitative estimate of drug-likeness (QED) is 0.840. The molecular weight excluding hydrogens is 216 g/mol. The number of nitrogen functional groups attached to an aromatic ring is 1. The summed E-state index contributed by atoms with van der Waals surface area (Å²) in [5, 5.41) is 7.88. The van der Waals surface area contributed by atoms with Crippen molar-refractivity contribution in [2.45, 2.75) is 0 Å². The van der Waals surface area contributed by atoms with Crippen LogP contribution in [0, 0.1) is 0 Å². The van der Waals surface area contributed by atoms with Gasteiger partial charge in [0.2, 0.25) is 5.88 Å². The highest BCUT2D eigenvalue weighted by Crippen LogP contribution is 2.20. The minimum Gasteiger partial charge on any atom is -0.436 e. The van der Waals surface area contributed by atoms with Crippen molar-refractivity contribution in [1.29, 1.82) is 0 Å². The molecule has 15 heavy (non-hydrogen) atoms. The maximum absolute atomic E-state index is 5.74. The lowest BCUT2D eigenvalue weighted by atomic mass is 10.4. The highest BCUT2D eigenvalue weighted by Gasteiger charge is 2.00. The average molecular weight is 223 g/mol. The number of anilines is 1. The lowest BCUT2D eigenvalue weighted by Crippen LogP contribution is -1.94. The second kappa shape index (κ2) is 4.10. The summed E-state index contributed by atoms with van der Waals surface area (Å²) < 4.78 is 5.34. The maximum atomic E-state index is 5.74. The Labute approximate surface area is 90.9 Å². The van der Waals surface area contributed by atoms with Gasteiger partial charge in [0.15, 0.2) is 0 Å². The van der Waals surface area contributed by atoms with Crippen molar-refractivity contribution in [2.24, 2.45) is 0 Å². The fourth-order valence-electron chi connectivity index (χ4n) is 0.954. The maximum Gasteiger partial charge on any atom is 0.239 e. The van der Waals surface area contributed by atoms with Crippen molar-refractivity contribution < 1.29 is 4.74 Å². The minimum atomic E-state index is 0.339. The van der Waals surface area contributed by atoms with E-state index in [0.717, 1.165) is 0 Å². The van der Waals surface area contributed by atoms with E-state index in [1.807, 2.05) is 0 Å². The molecule has 0 saturated carbocycles. The SMILES string of the molecule is Nc1ccc(Oc2cncc(Cl)c2)nn1. The fraction of sp³-hybridized carbons (Fsp3) is 0. The number of aromatic nitrogens is 3. The third-order valence-corrected chi connectivity index (χ3v) is 1.77. The van der Waals surface area contributed by atoms with Gasteiger partial charge in [-0.2, -0.15) is 0 Å². The van der Waals surface area contributed by atoms with Crippen molar-refractivity contribution in [3.8, 4) is 11.6 Å². The molecule has 0 aliphatic carbocycles. The van der Waals surface area contributed by atoms with Gasteiger partial charge >= 0.3 is 0 Å². The third-order valence-electron chi connectivity index (χ3n) is 1.56. The van der Waals surface area contributed by atoms with E-state index in [1.165, 1.54) is 12.4 Å². The molecule has 0 aliphatic rings. The van der Waals surface area contributed by atoms with E-state index in [0.29, 0.717) is 22.5 Å². The van der Waals surface area contributed by atoms with E-state index in [4.69, 9.17) is 22.1 Å². The van der Waals surface area contributed by atoms with Crippen LogP contribution in [0.1, 0.15) is 0 Å². The first-order valence-electron chi connectivity index (χ1n) is 4.11. The van der Waals surface area contributed by atoms with Crippen molar-refractivity contribution in [1.82, 2.24) is 15.2 Å². The molecule has 2 aromatic heterocycles. The predicted octanol–water partition coefficient (Wildman–Crippen LogP) is 1.90. The number of rotatable bonds is 2. The van der Waals surface area contributed by atoms with Gasteiger partial charge in [-0.15, -0.1) is 10.2 Å². The van der Waals surface area contributed by atoms with Crippen molar-refractivity contribution in [3.63, 3.8) is 0 Å². The molecule has 5 nitrogen and oxygen atoms in total. The Balaban J connectivity index is 2.18. The molecule has 0 aromatic carbocycles. The first-order valence-corrected chi connectivity index (χ1v) is 4.49. The number of nitrogens with zero attached hydrogens (tertiary/aromatic N) is 3. The summed E-state index contributed by atoms with van der Waals surface area (Å²) in [6.07, 6.45) is 3.05. The summed E-state index contributed by atoms with van der Waals surface area (Å²) in [7, 11) is 0. The molecule has 2 N–H and O–H groups in total. The van der Waals surface area contributed by atoms with E-state index in [2.05, 4.69) is 15.2 Å². The Bertz CT molecular complexity index is 460. The molecule has 6 heteroatoms. The zero-order valence-corrected chi connectivity index (χ0v) is 8.35. The molecule has 2 heterocycles. The Morgan fingerprint density at radius 2 is 2.07 bits per heavy atom. The first kappa shape index (κ1) is 9.67. The number of hydrogen-bond donors (Lipinski definition) is 1. The molecule has 0 fully saturated rings. The summed E-state index contributed by atoms with van der Waals surface area (Å²) in [6, 6.07) is 4.84. The number of pyridine rings is 1. The molecule has 0 aliphatic heterocycles. The Hall–Kier alpha value is -1.88. The van der Waals surface area contributed by atoms with Gasteiger partial charge in [-0.25, -0.2) is 0 Å². The van der Waals surface area contributed by atoms with Gasteiger partial charge in [0.05, 0.1) is 11.2 Å². The zero-order valence-electron chi connectivity index (χ0n) is 7.59. The van der Waals surface area contributed by atoms with Gasteiger partial charge in [-0.1, -0.05) is 11.6 Å². The summed E-state index contributed by atoms with van der Waals surface area (Å²) in [5.74, 6) is 1.18. The van der Waals surface area contributed by atoms with Crippen LogP contribution >= 0.6 is 11.6 Å². The van der Waals surface area contributed by atoms with Crippen molar-refractivity contribution >= 4 is 17.4 Å². The number of nitrogens with two attached hydrogens (primary N) is 1. The molecule has 0 amide bonds. The van der Waals surface area contributed by atoms with Crippen molar-refractivity contribution in [3.05, 3.63) is 35.6 Å². The standard InChI is InChI=1S/C9H7ClN4O/c10-6-3-7(5-12-4-6)15-9-2-1-8(11)13-14-9/h1-5H,(H2,11,13). The van der Waals surface area contributed by atoms with Crippen LogP contribution in [0.4, 0.5) is 5.82 Å². The lowest BCUT2D eigenvalue weighted by molar-refractivity contribution is 0.453. The van der Waals surface area contributed by atoms with Crippen LogP contribution in [0.25, 0.3) is 0 Å². The first-order chi connectivity index (χ1) is 7.24. The van der Waals surface area contributed by atoms with Gasteiger partial charge in [-0.05, 0) is 6.07 Å². The number of hydrogen-bond acceptors (Lipinski definition) is 5. The molecule has 76 valence electrons. The lowest BCUT2D eigenvalue weighted by Gasteiger charge is -2.03. The smallest absolute Gasteiger partial charge is 0.239 e. The van der Waals surface area contributed by atoms with Crippen LogP contribution in [0.3, 0.4) is 0 Å². The normalized spacial score (nSPS) is 9.93. The predicted molar refractivity (Wildman–Crippen MR) is 55.8 cm³/mol. The van der Waals surface area contributed by atoms with Crippen LogP contribution in [0.2, 0.25) is 5.02 Å². The van der Waals surface area contributed by atoms with Crippen LogP contribution in [0.5, 0.6) is 11.6 Å². The third kappa shape index (κ3) is 2.54. The van der Waals surface area contributed by atoms with E-state index in [1.54, 1.807) is 18.2 Å². The van der Waals surface area contributed by atoms with Crippen LogP contribution < -0.4 is 10.5 Å². The largest absolute Gasteiger partial charge is 0.436 e. The molecule has 0 saturated heterocycles. The summed E-state index contributed by atoms with van der Waals surface area (Å²) in [5.41, 5.74) is 5.38. The Morgan fingerprint density at radius 1 is 1.20 bits per heavy atom. The van der Waals surface area contributed by atoms with Gasteiger partial charge in [0, 0.05) is 18.3 Å². The van der Waals surface area contributed by atoms with Crippen LogP contribution in [-0.4, -0.2) is 15.2 Å². The topological polar surface area (TPSA) is 73.9 Å². The molecule has 0 spiro atoms. The van der Waals surface area contributed by atoms with Gasteiger partial charge < -0.3 is 10.5 Å². The molecule has 0 radical (unpaired) electrons. The monoisotopic (exact) mass is 222 g/mol. The molecule has 0 atom stereocenters. The second-order valence-electron chi connectivity index (χ2n) is 2.74. The van der Waals surface area contributed by atoms with Gasteiger partial charge in [-0.3, -0.25) is 4.98 Å². The summed E-state index contributed by atoms with van der Waals surface area (Å²) >= 11 is 5.74. The molecular formula is C9H7ClN4O. The second-order valence-corrected chi connectivity index (χ2v) is 3.17. The van der Waals surface area contributed by atoms with Crippen molar-refractivity contribution in [2.75, 3.05) is 5.73 Å². The van der Waals surface area contributed by atoms with Crippen LogP contribution in [0.15, 0.2) is 30.6 Å². The van der Waals surface area contributed by atoms with E-state index >= 15 is 0 Å². The molecule has 0 unspecified atom stereocenters. The van der Waals surface area contributed by atoms with Crippen LogP contribution in [-0.2, 0) is 0 Å². The highest BCUT2D eigenvalue weighted by atomic mass is 35.5. The Morgan fingerprint density at radius 3 is 2.73 bits per heavy atom. The highest BCUT2D eigenvalue weighted by molar-refractivity contribution is 6.30. The average Bonchev–Trinajstić information content (AvgIpc) is 2.22. The van der Waals surface area contributed by atoms with Gasteiger partial charge in [0.1, 0.15) is 11.6 Å². The summed E-state index contributed by atoms with van der Waals surface area (Å²) in [6.45, 7) is 0. The molecule has 0 bridgehead atoms. The molecule has 2 rings (SSSR count). The minimum absolute atomic E-state index is 0.339. The number of ether oxygens (including phenoxy) is 1. The van der Waals surface area contributed by atoms with Gasteiger partial charge in [0.25, 0.3) is 0 Å². The molecule has 2 aromatic rings. The van der Waals surface area contributed by atoms with E-state index < -0.39 is 0 Å². The van der Waals surface area contributed by atoms with E-state index in [-0.39, 0.29) is 0 Å². The van der Waals surface area contributed by atoms with E-state index in [9.17, 15) is 0 Å². The Kier molecular flexibility index (Phi) is 2.64.